The van der Waals surface area contributed by atoms with Crippen LogP contribution in [0.5, 0.6) is 0 Å². The molecular weight excluding hydrogens is 370 g/mol. The number of morpholine rings is 2. The third-order valence-electron chi connectivity index (χ3n) is 5.01. The summed E-state index contributed by atoms with van der Waals surface area (Å²) >= 11 is 5.96. The van der Waals surface area contributed by atoms with Crippen molar-refractivity contribution < 1.29 is 19.1 Å². The average Bonchev–Trinajstić information content (AvgIpc) is 2.69. The summed E-state index contributed by atoms with van der Waals surface area (Å²) in [7, 11) is 1.70. The Morgan fingerprint density at radius 1 is 1.26 bits per heavy atom. The first-order chi connectivity index (χ1) is 13.1. The normalized spacial score (nSPS) is 24.1. The number of benzene rings is 1. The minimum atomic E-state index is -0.739. The van der Waals surface area contributed by atoms with Gasteiger partial charge in [-0.15, -0.1) is 0 Å². The quantitative estimate of drug-likeness (QED) is 0.730. The molecule has 2 amide bonds. The highest BCUT2D eigenvalue weighted by Gasteiger charge is 2.39. The van der Waals surface area contributed by atoms with Gasteiger partial charge in [0.1, 0.15) is 6.61 Å². The van der Waals surface area contributed by atoms with Gasteiger partial charge < -0.3 is 19.7 Å². The number of likely N-dealkylation sites (N-methyl/N-ethyl adjacent to an activating group) is 1. The van der Waals surface area contributed by atoms with E-state index in [0.29, 0.717) is 11.6 Å². The fraction of sp³-hybridized carbons (Fsp3) is 0.579. The Kier molecular flexibility index (Phi) is 7.07. The summed E-state index contributed by atoms with van der Waals surface area (Å²) in [4.78, 5) is 28.7. The van der Waals surface area contributed by atoms with Crippen LogP contribution in [0.4, 0.5) is 0 Å². The van der Waals surface area contributed by atoms with E-state index in [-0.39, 0.29) is 18.4 Å². The molecule has 0 spiro atoms. The van der Waals surface area contributed by atoms with Crippen molar-refractivity contribution in [3.05, 3.63) is 34.9 Å². The first-order valence-electron chi connectivity index (χ1n) is 9.27. The molecule has 2 saturated heterocycles. The number of hydrogen-bond acceptors (Lipinski definition) is 5. The number of carbonyl (C=O) groups excluding carboxylic acids is 2. The molecular formula is C19H26ClN3O4. The van der Waals surface area contributed by atoms with Gasteiger partial charge in [0, 0.05) is 31.7 Å². The second-order valence-corrected chi connectivity index (χ2v) is 7.27. The van der Waals surface area contributed by atoms with Crippen LogP contribution in [0.25, 0.3) is 0 Å². The minimum Gasteiger partial charge on any atom is -0.379 e. The average molecular weight is 396 g/mol. The zero-order chi connectivity index (χ0) is 19.2. The molecule has 3 rings (SSSR count). The van der Waals surface area contributed by atoms with E-state index < -0.39 is 12.1 Å². The van der Waals surface area contributed by atoms with Gasteiger partial charge in [-0.05, 0) is 30.7 Å². The number of ether oxygens (including phenoxy) is 2. The zero-order valence-electron chi connectivity index (χ0n) is 15.5. The van der Waals surface area contributed by atoms with Crippen molar-refractivity contribution in [2.24, 2.45) is 0 Å². The molecule has 1 aromatic carbocycles. The summed E-state index contributed by atoms with van der Waals surface area (Å²) in [6.45, 7) is 4.81. The maximum absolute atomic E-state index is 12.7. The van der Waals surface area contributed by atoms with Crippen LogP contribution < -0.4 is 5.32 Å². The highest BCUT2D eigenvalue weighted by Crippen LogP contribution is 2.30. The lowest BCUT2D eigenvalue weighted by Crippen LogP contribution is -2.53. The molecule has 1 N–H and O–H groups in total. The molecule has 0 radical (unpaired) electrons. The van der Waals surface area contributed by atoms with E-state index in [9.17, 15) is 9.59 Å². The van der Waals surface area contributed by atoms with Gasteiger partial charge in [-0.2, -0.15) is 0 Å². The molecule has 1 aromatic rings. The van der Waals surface area contributed by atoms with E-state index in [1.54, 1.807) is 24.1 Å². The summed E-state index contributed by atoms with van der Waals surface area (Å²) in [6, 6.07) is 6.68. The van der Waals surface area contributed by atoms with Gasteiger partial charge in [-0.25, -0.2) is 0 Å². The molecule has 2 aliphatic heterocycles. The lowest BCUT2D eigenvalue weighted by atomic mass is 9.97. The molecule has 7 nitrogen and oxygen atoms in total. The maximum atomic E-state index is 12.7. The Balaban J connectivity index is 1.57. The Morgan fingerprint density at radius 3 is 2.67 bits per heavy atom. The summed E-state index contributed by atoms with van der Waals surface area (Å²) in [5, 5.41) is 3.56. The third kappa shape index (κ3) is 5.19. The summed E-state index contributed by atoms with van der Waals surface area (Å²) in [5.41, 5.74) is 0.823. The molecule has 0 unspecified atom stereocenters. The Bertz CT molecular complexity index is 649. The third-order valence-corrected chi connectivity index (χ3v) is 5.26. The van der Waals surface area contributed by atoms with Crippen molar-refractivity contribution in [1.29, 1.82) is 0 Å². The van der Waals surface area contributed by atoms with Gasteiger partial charge in [0.25, 0.3) is 5.91 Å². The predicted octanol–water partition coefficient (Wildman–Crippen LogP) is 1.08. The molecule has 27 heavy (non-hydrogen) atoms. The molecule has 8 heteroatoms. The molecule has 2 heterocycles. The number of amides is 2. The van der Waals surface area contributed by atoms with Crippen molar-refractivity contribution in [3.63, 3.8) is 0 Å². The Labute approximate surface area is 164 Å². The SMILES string of the molecule is CN1C(=O)CO[C@@H](C(=O)NCCCN2CCOCC2)[C@@H]1c1ccc(Cl)cc1. The Hall–Kier alpha value is -1.67. The molecule has 2 aliphatic rings. The van der Waals surface area contributed by atoms with E-state index in [0.717, 1.165) is 44.8 Å². The number of halogens is 1. The number of rotatable bonds is 6. The second kappa shape index (κ2) is 9.50. The van der Waals surface area contributed by atoms with Crippen molar-refractivity contribution >= 4 is 23.4 Å². The minimum absolute atomic E-state index is 0.0908. The van der Waals surface area contributed by atoms with Crippen LogP contribution in [0.3, 0.4) is 0 Å². The van der Waals surface area contributed by atoms with Crippen LogP contribution >= 0.6 is 11.6 Å². The summed E-state index contributed by atoms with van der Waals surface area (Å²) < 4.78 is 10.9. The summed E-state index contributed by atoms with van der Waals surface area (Å²) in [6.07, 6.45) is 0.121. The van der Waals surface area contributed by atoms with Crippen LogP contribution in [0.15, 0.2) is 24.3 Å². The molecule has 0 aliphatic carbocycles. The van der Waals surface area contributed by atoms with Crippen molar-refractivity contribution in [3.8, 4) is 0 Å². The van der Waals surface area contributed by atoms with E-state index in [4.69, 9.17) is 21.1 Å². The van der Waals surface area contributed by atoms with E-state index >= 15 is 0 Å². The molecule has 2 fully saturated rings. The maximum Gasteiger partial charge on any atom is 0.251 e. The lowest BCUT2D eigenvalue weighted by Gasteiger charge is -2.38. The van der Waals surface area contributed by atoms with Gasteiger partial charge in [-0.3, -0.25) is 14.5 Å². The number of carbonyl (C=O) groups is 2. The standard InChI is InChI=1S/C19H26ClN3O4/c1-22-16(24)13-27-18(17(22)14-3-5-15(20)6-4-14)19(25)21-7-2-8-23-9-11-26-12-10-23/h3-6,17-18H,2,7-13H2,1H3,(H,21,25)/t17-,18+/m0/s1. The van der Waals surface area contributed by atoms with Gasteiger partial charge in [0.2, 0.25) is 5.91 Å². The topological polar surface area (TPSA) is 71.1 Å². The Morgan fingerprint density at radius 2 is 1.96 bits per heavy atom. The van der Waals surface area contributed by atoms with Crippen LogP contribution in [0, 0.1) is 0 Å². The van der Waals surface area contributed by atoms with Crippen molar-refractivity contribution in [2.45, 2.75) is 18.6 Å². The zero-order valence-corrected chi connectivity index (χ0v) is 16.3. The predicted molar refractivity (Wildman–Crippen MR) is 102 cm³/mol. The molecule has 0 bridgehead atoms. The highest BCUT2D eigenvalue weighted by atomic mass is 35.5. The largest absolute Gasteiger partial charge is 0.379 e. The molecule has 0 aromatic heterocycles. The van der Waals surface area contributed by atoms with Gasteiger partial charge in [0.15, 0.2) is 6.10 Å². The first kappa shape index (κ1) is 20.1. The van der Waals surface area contributed by atoms with Gasteiger partial charge in [0.05, 0.1) is 19.3 Å². The summed E-state index contributed by atoms with van der Waals surface area (Å²) in [5.74, 6) is -0.345. The number of nitrogens with zero attached hydrogens (tertiary/aromatic N) is 2. The van der Waals surface area contributed by atoms with E-state index in [2.05, 4.69) is 10.2 Å². The number of hydrogen-bond donors (Lipinski definition) is 1. The fourth-order valence-electron chi connectivity index (χ4n) is 3.43. The second-order valence-electron chi connectivity index (χ2n) is 6.83. The monoisotopic (exact) mass is 395 g/mol. The molecule has 0 saturated carbocycles. The smallest absolute Gasteiger partial charge is 0.251 e. The first-order valence-corrected chi connectivity index (χ1v) is 9.64. The van der Waals surface area contributed by atoms with Crippen LogP contribution in [-0.4, -0.2) is 80.8 Å². The van der Waals surface area contributed by atoms with Gasteiger partial charge in [-0.1, -0.05) is 23.7 Å². The molecule has 2 atom stereocenters. The van der Waals surface area contributed by atoms with E-state index in [1.807, 2.05) is 12.1 Å². The van der Waals surface area contributed by atoms with E-state index in [1.165, 1.54) is 0 Å². The van der Waals surface area contributed by atoms with Crippen LogP contribution in [0.1, 0.15) is 18.0 Å². The van der Waals surface area contributed by atoms with Crippen LogP contribution in [0.2, 0.25) is 5.02 Å². The fourth-order valence-corrected chi connectivity index (χ4v) is 3.56. The van der Waals surface area contributed by atoms with Crippen molar-refractivity contribution in [2.75, 3.05) is 53.0 Å². The number of nitrogens with one attached hydrogen (secondary N) is 1. The lowest BCUT2D eigenvalue weighted by molar-refractivity contribution is -0.162. The van der Waals surface area contributed by atoms with Gasteiger partial charge >= 0.3 is 0 Å². The van der Waals surface area contributed by atoms with Crippen molar-refractivity contribution in [1.82, 2.24) is 15.1 Å². The molecule has 148 valence electrons. The highest BCUT2D eigenvalue weighted by molar-refractivity contribution is 6.30. The van der Waals surface area contributed by atoms with Crippen LogP contribution in [-0.2, 0) is 19.1 Å².